The average molecular weight is 261 g/mol. The summed E-state index contributed by atoms with van der Waals surface area (Å²) in [6.07, 6.45) is 1.91. The zero-order chi connectivity index (χ0) is 13.8. The summed E-state index contributed by atoms with van der Waals surface area (Å²) >= 11 is 0. The second-order valence-corrected chi connectivity index (χ2v) is 5.61. The summed E-state index contributed by atoms with van der Waals surface area (Å²) in [6.45, 7) is 7.78. The van der Waals surface area contributed by atoms with Crippen molar-refractivity contribution in [1.82, 2.24) is 4.90 Å². The first-order valence-electron chi connectivity index (χ1n) is 7.08. The van der Waals surface area contributed by atoms with E-state index >= 15 is 0 Å². The molecule has 3 nitrogen and oxygen atoms in total. The highest BCUT2D eigenvalue weighted by Crippen LogP contribution is 2.19. The Morgan fingerprint density at radius 3 is 2.95 bits per heavy atom. The van der Waals surface area contributed by atoms with Crippen molar-refractivity contribution in [3.8, 4) is 5.75 Å². The average Bonchev–Trinajstić information content (AvgIpc) is 2.38. The molecule has 1 aromatic rings. The molecule has 0 N–H and O–H groups in total. The molecule has 0 aromatic heterocycles. The summed E-state index contributed by atoms with van der Waals surface area (Å²) in [5, 5.41) is 0. The molecule has 3 heteroatoms. The molecule has 1 aliphatic rings. The van der Waals surface area contributed by atoms with E-state index in [1.54, 1.807) is 0 Å². The number of nitrogens with zero attached hydrogens (tertiary/aromatic N) is 1. The highest BCUT2D eigenvalue weighted by molar-refractivity contribution is 5.81. The lowest BCUT2D eigenvalue weighted by atomic mass is 10.00. The molecule has 19 heavy (non-hydrogen) atoms. The van der Waals surface area contributed by atoms with Crippen LogP contribution in [0.4, 0.5) is 0 Å². The van der Waals surface area contributed by atoms with Crippen LogP contribution in [0.2, 0.25) is 0 Å². The van der Waals surface area contributed by atoms with Gasteiger partial charge in [-0.05, 0) is 50.3 Å². The zero-order valence-electron chi connectivity index (χ0n) is 12.1. The van der Waals surface area contributed by atoms with Crippen LogP contribution in [0.25, 0.3) is 0 Å². The van der Waals surface area contributed by atoms with Crippen LogP contribution >= 0.6 is 0 Å². The fourth-order valence-electron chi connectivity index (χ4n) is 2.59. The third-order valence-corrected chi connectivity index (χ3v) is 3.62. The lowest BCUT2D eigenvalue weighted by Gasteiger charge is -2.32. The molecule has 2 rings (SSSR count). The minimum Gasteiger partial charge on any atom is -0.481 e. The number of hydrogen-bond acceptors (Lipinski definition) is 2. The normalized spacial score (nSPS) is 21.0. The van der Waals surface area contributed by atoms with E-state index in [1.165, 1.54) is 6.42 Å². The van der Waals surface area contributed by atoms with Crippen LogP contribution in [-0.4, -0.2) is 30.0 Å². The van der Waals surface area contributed by atoms with Gasteiger partial charge in [-0.3, -0.25) is 4.79 Å². The smallest absolute Gasteiger partial charge is 0.263 e. The number of carbonyl (C=O) groups excluding carboxylic acids is 1. The number of ether oxygens (including phenoxy) is 1. The predicted octanol–water partition coefficient (Wildman–Crippen LogP) is 3.02. The SMILES string of the molecule is Cc1cccc(OC(C)C(=O)N2CCCC(C)C2)c1. The van der Waals surface area contributed by atoms with Crippen molar-refractivity contribution in [1.29, 1.82) is 0 Å². The van der Waals surface area contributed by atoms with E-state index in [0.717, 1.165) is 30.8 Å². The van der Waals surface area contributed by atoms with E-state index in [0.29, 0.717) is 5.92 Å². The van der Waals surface area contributed by atoms with Gasteiger partial charge in [0, 0.05) is 13.1 Å². The molecular weight excluding hydrogens is 238 g/mol. The molecule has 1 aromatic carbocycles. The number of amides is 1. The van der Waals surface area contributed by atoms with Crippen LogP contribution < -0.4 is 4.74 Å². The molecule has 1 heterocycles. The molecular formula is C16H23NO2. The molecule has 1 fully saturated rings. The highest BCUT2D eigenvalue weighted by Gasteiger charge is 2.25. The lowest BCUT2D eigenvalue weighted by Crippen LogP contribution is -2.45. The summed E-state index contributed by atoms with van der Waals surface area (Å²) < 4.78 is 5.75. The number of rotatable bonds is 3. The van der Waals surface area contributed by atoms with E-state index < -0.39 is 6.10 Å². The molecule has 0 bridgehead atoms. The Labute approximate surface area is 115 Å². The van der Waals surface area contributed by atoms with E-state index in [1.807, 2.05) is 43.0 Å². The Hall–Kier alpha value is -1.51. The van der Waals surface area contributed by atoms with E-state index in [-0.39, 0.29) is 5.91 Å². The first-order valence-corrected chi connectivity index (χ1v) is 7.08. The summed E-state index contributed by atoms with van der Waals surface area (Å²) in [5.41, 5.74) is 1.14. The molecule has 1 saturated heterocycles. The number of hydrogen-bond donors (Lipinski definition) is 0. The van der Waals surface area contributed by atoms with Gasteiger partial charge in [-0.15, -0.1) is 0 Å². The van der Waals surface area contributed by atoms with Crippen LogP contribution in [0, 0.1) is 12.8 Å². The van der Waals surface area contributed by atoms with E-state index in [9.17, 15) is 4.79 Å². The third kappa shape index (κ3) is 3.72. The van der Waals surface area contributed by atoms with Gasteiger partial charge in [-0.1, -0.05) is 19.1 Å². The van der Waals surface area contributed by atoms with Gasteiger partial charge < -0.3 is 9.64 Å². The van der Waals surface area contributed by atoms with Crippen LogP contribution in [0.1, 0.15) is 32.3 Å². The van der Waals surface area contributed by atoms with Crippen molar-refractivity contribution < 1.29 is 9.53 Å². The summed E-state index contributed by atoms with van der Waals surface area (Å²) in [4.78, 5) is 14.3. The van der Waals surface area contributed by atoms with Gasteiger partial charge in [0.25, 0.3) is 5.91 Å². The zero-order valence-corrected chi connectivity index (χ0v) is 12.1. The van der Waals surface area contributed by atoms with Gasteiger partial charge in [0.2, 0.25) is 0 Å². The predicted molar refractivity (Wildman–Crippen MR) is 76.2 cm³/mol. The molecule has 104 valence electrons. The highest BCUT2D eigenvalue weighted by atomic mass is 16.5. The van der Waals surface area contributed by atoms with Crippen molar-refractivity contribution in [2.45, 2.75) is 39.7 Å². The maximum atomic E-state index is 12.3. The van der Waals surface area contributed by atoms with Gasteiger partial charge >= 0.3 is 0 Å². The summed E-state index contributed by atoms with van der Waals surface area (Å²) in [5.74, 6) is 1.47. The second kappa shape index (κ2) is 6.09. The standard InChI is InChI=1S/C16H23NO2/c1-12-6-4-8-15(10-12)19-14(3)16(18)17-9-5-7-13(2)11-17/h4,6,8,10,13-14H,5,7,9,11H2,1-3H3. The van der Waals surface area contributed by atoms with Gasteiger partial charge in [-0.2, -0.15) is 0 Å². The number of benzene rings is 1. The summed E-state index contributed by atoms with van der Waals surface area (Å²) in [7, 11) is 0. The van der Waals surface area contributed by atoms with Crippen LogP contribution in [0.15, 0.2) is 24.3 Å². The van der Waals surface area contributed by atoms with Crippen molar-refractivity contribution >= 4 is 5.91 Å². The minimum absolute atomic E-state index is 0.105. The monoisotopic (exact) mass is 261 g/mol. The maximum Gasteiger partial charge on any atom is 0.263 e. The number of piperidine rings is 1. The van der Waals surface area contributed by atoms with Crippen molar-refractivity contribution in [2.75, 3.05) is 13.1 Å². The molecule has 0 radical (unpaired) electrons. The van der Waals surface area contributed by atoms with Crippen molar-refractivity contribution in [2.24, 2.45) is 5.92 Å². The molecule has 0 spiro atoms. The molecule has 1 amide bonds. The van der Waals surface area contributed by atoms with Gasteiger partial charge in [-0.25, -0.2) is 0 Å². The van der Waals surface area contributed by atoms with Crippen LogP contribution in [0.5, 0.6) is 5.75 Å². The fraction of sp³-hybridized carbons (Fsp3) is 0.562. The maximum absolute atomic E-state index is 12.3. The van der Waals surface area contributed by atoms with E-state index in [2.05, 4.69) is 6.92 Å². The molecule has 1 aliphatic heterocycles. The molecule has 0 saturated carbocycles. The number of aryl methyl sites for hydroxylation is 1. The van der Waals surface area contributed by atoms with Crippen molar-refractivity contribution in [3.05, 3.63) is 29.8 Å². The first kappa shape index (κ1) is 13.9. The molecule has 0 aliphatic carbocycles. The number of likely N-dealkylation sites (tertiary alicyclic amines) is 1. The van der Waals surface area contributed by atoms with Gasteiger partial charge in [0.15, 0.2) is 6.10 Å². The third-order valence-electron chi connectivity index (χ3n) is 3.62. The quantitative estimate of drug-likeness (QED) is 0.837. The van der Waals surface area contributed by atoms with Gasteiger partial charge in [0.05, 0.1) is 0 Å². The Balaban J connectivity index is 1.95. The van der Waals surface area contributed by atoms with Crippen molar-refractivity contribution in [3.63, 3.8) is 0 Å². The minimum atomic E-state index is -0.410. The Morgan fingerprint density at radius 2 is 2.26 bits per heavy atom. The van der Waals surface area contributed by atoms with E-state index in [4.69, 9.17) is 4.74 Å². The van der Waals surface area contributed by atoms with Gasteiger partial charge in [0.1, 0.15) is 5.75 Å². The lowest BCUT2D eigenvalue weighted by molar-refractivity contribution is -0.139. The molecule has 2 atom stereocenters. The first-order chi connectivity index (χ1) is 9.06. The summed E-state index contributed by atoms with van der Waals surface area (Å²) in [6, 6.07) is 7.83. The topological polar surface area (TPSA) is 29.5 Å². The number of carbonyl (C=O) groups is 1. The fourth-order valence-corrected chi connectivity index (χ4v) is 2.59. The van der Waals surface area contributed by atoms with Crippen LogP contribution in [-0.2, 0) is 4.79 Å². The molecule has 2 unspecified atom stereocenters. The Morgan fingerprint density at radius 1 is 1.47 bits per heavy atom. The Kier molecular flexibility index (Phi) is 4.46. The largest absolute Gasteiger partial charge is 0.481 e. The second-order valence-electron chi connectivity index (χ2n) is 5.61. The Bertz CT molecular complexity index is 444. The van der Waals surface area contributed by atoms with Crippen LogP contribution in [0.3, 0.4) is 0 Å².